The predicted octanol–water partition coefficient (Wildman–Crippen LogP) is 1.98. The topological polar surface area (TPSA) is 91.9 Å². The summed E-state index contributed by atoms with van der Waals surface area (Å²) in [6.45, 7) is 0.187. The number of benzene rings is 1. The molecule has 1 aliphatic heterocycles. The molecule has 0 radical (unpaired) electrons. The van der Waals surface area contributed by atoms with E-state index in [0.717, 1.165) is 0 Å². The standard InChI is InChI=1S/C16H20N6O3/c1-21(2)14-11(8-17-15(20-14)22(3)4)19-16(23)18-10-5-6-12-13(7-10)25-9-24-12/h5-8H,9H2,1-4H3,(H2,18,19,23). The van der Waals surface area contributed by atoms with E-state index in [0.29, 0.717) is 34.6 Å². The molecule has 9 heteroatoms. The Morgan fingerprint density at radius 2 is 1.84 bits per heavy atom. The van der Waals surface area contributed by atoms with Crippen molar-refractivity contribution in [2.24, 2.45) is 0 Å². The predicted molar refractivity (Wildman–Crippen MR) is 95.9 cm³/mol. The minimum atomic E-state index is -0.400. The minimum Gasteiger partial charge on any atom is -0.454 e. The molecule has 132 valence electrons. The van der Waals surface area contributed by atoms with Crippen LogP contribution < -0.4 is 29.9 Å². The highest BCUT2D eigenvalue weighted by atomic mass is 16.7. The van der Waals surface area contributed by atoms with Crippen LogP contribution in [0.25, 0.3) is 0 Å². The number of rotatable bonds is 4. The van der Waals surface area contributed by atoms with E-state index < -0.39 is 6.03 Å². The monoisotopic (exact) mass is 344 g/mol. The Morgan fingerprint density at radius 1 is 1.08 bits per heavy atom. The van der Waals surface area contributed by atoms with Crippen molar-refractivity contribution >= 4 is 29.2 Å². The quantitative estimate of drug-likeness (QED) is 0.876. The summed E-state index contributed by atoms with van der Waals surface area (Å²) in [5.41, 5.74) is 1.10. The Labute approximate surface area is 145 Å². The number of hydrogen-bond acceptors (Lipinski definition) is 7. The van der Waals surface area contributed by atoms with E-state index in [9.17, 15) is 4.79 Å². The van der Waals surface area contributed by atoms with Gasteiger partial charge in [0.15, 0.2) is 17.3 Å². The fraction of sp³-hybridized carbons (Fsp3) is 0.312. The lowest BCUT2D eigenvalue weighted by atomic mass is 10.3. The summed E-state index contributed by atoms with van der Waals surface area (Å²) in [7, 11) is 7.41. The number of aromatic nitrogens is 2. The van der Waals surface area contributed by atoms with Crippen molar-refractivity contribution in [2.75, 3.05) is 55.4 Å². The molecule has 0 atom stereocenters. The van der Waals surface area contributed by atoms with Gasteiger partial charge in [-0.15, -0.1) is 0 Å². The van der Waals surface area contributed by atoms with Crippen LogP contribution in [0.15, 0.2) is 24.4 Å². The summed E-state index contributed by atoms with van der Waals surface area (Å²) in [5.74, 6) is 2.43. The van der Waals surface area contributed by atoms with Crippen molar-refractivity contribution in [2.45, 2.75) is 0 Å². The van der Waals surface area contributed by atoms with Gasteiger partial charge in [-0.05, 0) is 12.1 Å². The molecule has 1 aromatic heterocycles. The zero-order valence-electron chi connectivity index (χ0n) is 14.5. The maximum atomic E-state index is 12.3. The van der Waals surface area contributed by atoms with Gasteiger partial charge in [-0.2, -0.15) is 4.98 Å². The first-order chi connectivity index (χ1) is 11.9. The first-order valence-electron chi connectivity index (χ1n) is 7.63. The third-order valence-electron chi connectivity index (χ3n) is 3.46. The van der Waals surface area contributed by atoms with Crippen LogP contribution in [0.1, 0.15) is 0 Å². The lowest BCUT2D eigenvalue weighted by Crippen LogP contribution is -2.23. The maximum Gasteiger partial charge on any atom is 0.323 e. The van der Waals surface area contributed by atoms with Gasteiger partial charge >= 0.3 is 6.03 Å². The van der Waals surface area contributed by atoms with Gasteiger partial charge in [-0.1, -0.05) is 0 Å². The van der Waals surface area contributed by atoms with E-state index in [1.807, 2.05) is 33.1 Å². The van der Waals surface area contributed by atoms with Crippen LogP contribution in [0.2, 0.25) is 0 Å². The highest BCUT2D eigenvalue weighted by molar-refractivity contribution is 6.01. The van der Waals surface area contributed by atoms with Crippen LogP contribution in [0.3, 0.4) is 0 Å². The zero-order chi connectivity index (χ0) is 18.0. The summed E-state index contributed by atoms with van der Waals surface area (Å²) in [6.07, 6.45) is 1.58. The van der Waals surface area contributed by atoms with E-state index in [1.54, 1.807) is 29.3 Å². The molecule has 0 saturated heterocycles. The lowest BCUT2D eigenvalue weighted by Gasteiger charge is -2.19. The largest absolute Gasteiger partial charge is 0.454 e. The summed E-state index contributed by atoms with van der Waals surface area (Å²) in [6, 6.07) is 4.80. The zero-order valence-corrected chi connectivity index (χ0v) is 14.5. The molecule has 1 aliphatic rings. The third-order valence-corrected chi connectivity index (χ3v) is 3.46. The molecule has 2 aromatic rings. The average molecular weight is 344 g/mol. The number of nitrogens with zero attached hydrogens (tertiary/aromatic N) is 4. The first-order valence-corrected chi connectivity index (χ1v) is 7.63. The van der Waals surface area contributed by atoms with Crippen molar-refractivity contribution in [1.29, 1.82) is 0 Å². The smallest absolute Gasteiger partial charge is 0.323 e. The van der Waals surface area contributed by atoms with Crippen LogP contribution >= 0.6 is 0 Å². The summed E-state index contributed by atoms with van der Waals surface area (Å²) in [4.78, 5) is 24.6. The number of fused-ring (bicyclic) bond motifs is 1. The molecule has 9 nitrogen and oxygen atoms in total. The molecule has 0 unspecified atom stereocenters. The normalized spacial score (nSPS) is 11.8. The summed E-state index contributed by atoms with van der Waals surface area (Å²) < 4.78 is 10.5. The summed E-state index contributed by atoms with van der Waals surface area (Å²) >= 11 is 0. The maximum absolute atomic E-state index is 12.3. The van der Waals surface area contributed by atoms with Gasteiger partial charge in [0.05, 0.1) is 6.20 Å². The molecule has 0 aliphatic carbocycles. The number of carbonyl (C=O) groups is 1. The Balaban J connectivity index is 1.74. The Morgan fingerprint density at radius 3 is 2.56 bits per heavy atom. The molecule has 0 saturated carbocycles. The molecule has 0 bridgehead atoms. The molecule has 1 aromatic carbocycles. The van der Waals surface area contributed by atoms with E-state index in [-0.39, 0.29) is 6.79 Å². The van der Waals surface area contributed by atoms with Crippen LogP contribution in [0.4, 0.5) is 27.9 Å². The van der Waals surface area contributed by atoms with Crippen molar-refractivity contribution in [3.63, 3.8) is 0 Å². The van der Waals surface area contributed by atoms with Crippen molar-refractivity contribution < 1.29 is 14.3 Å². The Kier molecular flexibility index (Phi) is 4.46. The molecule has 2 amide bonds. The molecule has 0 spiro atoms. The fourth-order valence-electron chi connectivity index (χ4n) is 2.27. The second kappa shape index (κ2) is 6.71. The Bertz CT molecular complexity index is 793. The van der Waals surface area contributed by atoms with Crippen molar-refractivity contribution in [3.05, 3.63) is 24.4 Å². The van der Waals surface area contributed by atoms with Gasteiger partial charge in [0, 0.05) is 39.9 Å². The number of amides is 2. The van der Waals surface area contributed by atoms with Gasteiger partial charge < -0.3 is 29.9 Å². The molecule has 2 N–H and O–H groups in total. The van der Waals surface area contributed by atoms with Gasteiger partial charge in [0.25, 0.3) is 0 Å². The second-order valence-electron chi connectivity index (χ2n) is 5.84. The molecular formula is C16H20N6O3. The van der Waals surface area contributed by atoms with Gasteiger partial charge in [-0.25, -0.2) is 9.78 Å². The van der Waals surface area contributed by atoms with E-state index in [2.05, 4.69) is 20.6 Å². The van der Waals surface area contributed by atoms with Gasteiger partial charge in [0.2, 0.25) is 12.7 Å². The molecule has 3 rings (SSSR count). The van der Waals surface area contributed by atoms with Crippen LogP contribution in [0, 0.1) is 0 Å². The highest BCUT2D eigenvalue weighted by Gasteiger charge is 2.16. The number of hydrogen-bond donors (Lipinski definition) is 2. The molecule has 2 heterocycles. The third kappa shape index (κ3) is 3.65. The first kappa shape index (κ1) is 16.6. The van der Waals surface area contributed by atoms with E-state index in [4.69, 9.17) is 9.47 Å². The van der Waals surface area contributed by atoms with Gasteiger partial charge in [-0.3, -0.25) is 0 Å². The second-order valence-corrected chi connectivity index (χ2v) is 5.84. The van der Waals surface area contributed by atoms with E-state index >= 15 is 0 Å². The average Bonchev–Trinajstić information content (AvgIpc) is 3.02. The summed E-state index contributed by atoms with van der Waals surface area (Å²) in [5, 5.41) is 5.52. The molecular weight excluding hydrogens is 324 g/mol. The molecule has 25 heavy (non-hydrogen) atoms. The Hall–Kier alpha value is -3.23. The SMILES string of the molecule is CN(C)c1ncc(NC(=O)Nc2ccc3c(c2)OCO3)c(N(C)C)n1. The molecule has 0 fully saturated rings. The van der Waals surface area contributed by atoms with Crippen molar-refractivity contribution in [1.82, 2.24) is 9.97 Å². The number of nitrogens with one attached hydrogen (secondary N) is 2. The number of ether oxygens (including phenoxy) is 2. The number of urea groups is 1. The minimum absolute atomic E-state index is 0.187. The lowest BCUT2D eigenvalue weighted by molar-refractivity contribution is 0.174. The van der Waals surface area contributed by atoms with Crippen molar-refractivity contribution in [3.8, 4) is 11.5 Å². The number of anilines is 4. The van der Waals surface area contributed by atoms with Gasteiger partial charge in [0.1, 0.15) is 5.69 Å². The van der Waals surface area contributed by atoms with Crippen LogP contribution in [-0.2, 0) is 0 Å². The number of carbonyl (C=O) groups excluding carboxylic acids is 1. The fourth-order valence-corrected chi connectivity index (χ4v) is 2.27. The van der Waals surface area contributed by atoms with E-state index in [1.165, 1.54) is 0 Å². The highest BCUT2D eigenvalue weighted by Crippen LogP contribution is 2.34. The van der Waals surface area contributed by atoms with Crippen LogP contribution in [-0.4, -0.2) is 51.0 Å². The van der Waals surface area contributed by atoms with Crippen LogP contribution in [0.5, 0.6) is 11.5 Å².